The number of hydrogen-bond donors (Lipinski definition) is 1. The van der Waals surface area contributed by atoms with Gasteiger partial charge in [0.1, 0.15) is 5.75 Å². The first kappa shape index (κ1) is 10.2. The fourth-order valence-electron chi connectivity index (χ4n) is 1.16. The Hall–Kier alpha value is -1.84. The highest BCUT2D eigenvalue weighted by molar-refractivity contribution is 5.70. The number of ether oxygens (including phenoxy) is 1. The van der Waals surface area contributed by atoms with Crippen molar-refractivity contribution in [2.75, 3.05) is 7.11 Å². The Labute approximate surface area is 82.0 Å². The van der Waals surface area contributed by atoms with Crippen molar-refractivity contribution >= 4 is 11.3 Å². The Bertz CT molecular complexity index is 385. The lowest BCUT2D eigenvalue weighted by atomic mass is 10.1. The van der Waals surface area contributed by atoms with E-state index in [0.29, 0.717) is 16.9 Å². The first-order valence-corrected chi connectivity index (χ1v) is 4.06. The first-order valence-electron chi connectivity index (χ1n) is 4.06. The predicted octanol–water partition coefficient (Wildman–Crippen LogP) is 2.53. The molecule has 1 rings (SSSR count). The van der Waals surface area contributed by atoms with Crippen molar-refractivity contribution < 1.29 is 14.9 Å². The van der Waals surface area contributed by atoms with Crippen LogP contribution in [0.25, 0.3) is 5.57 Å². The summed E-state index contributed by atoms with van der Waals surface area (Å²) < 4.78 is 4.93. The number of nitrogens with zero attached hydrogens (tertiary/aromatic N) is 1. The topological polar surface area (TPSA) is 49.5 Å². The van der Waals surface area contributed by atoms with E-state index < -0.39 is 0 Å². The lowest BCUT2D eigenvalue weighted by Crippen LogP contribution is -1.97. The van der Waals surface area contributed by atoms with E-state index in [2.05, 4.69) is 6.58 Å². The molecule has 0 heterocycles. The van der Waals surface area contributed by atoms with Gasteiger partial charge in [0, 0.05) is 0 Å². The largest absolute Gasteiger partial charge is 0.496 e. The van der Waals surface area contributed by atoms with Crippen molar-refractivity contribution in [1.29, 1.82) is 0 Å². The van der Waals surface area contributed by atoms with E-state index in [-0.39, 0.29) is 10.6 Å². The van der Waals surface area contributed by atoms with Crippen molar-refractivity contribution in [1.82, 2.24) is 0 Å². The van der Waals surface area contributed by atoms with Crippen LogP contribution < -0.4 is 4.74 Å². The number of methoxy groups -OCH3 is 1. The van der Waals surface area contributed by atoms with E-state index in [1.54, 1.807) is 19.1 Å². The lowest BCUT2D eigenvalue weighted by Gasteiger charge is -2.01. The van der Waals surface area contributed by atoms with Crippen molar-refractivity contribution in [2.24, 2.45) is 0 Å². The van der Waals surface area contributed by atoms with E-state index in [4.69, 9.17) is 9.94 Å². The Morgan fingerprint density at radius 3 is 2.64 bits per heavy atom. The van der Waals surface area contributed by atoms with E-state index in [0.717, 1.165) is 0 Å². The minimum atomic E-state index is -0.188. The summed E-state index contributed by atoms with van der Waals surface area (Å²) >= 11 is 0. The number of benzene rings is 1. The third kappa shape index (κ3) is 1.90. The maximum absolute atomic E-state index is 10.8. The summed E-state index contributed by atoms with van der Waals surface area (Å²) in [5, 5.41) is 8.85. The van der Waals surface area contributed by atoms with Crippen LogP contribution in [0.4, 0.5) is 5.69 Å². The highest BCUT2D eigenvalue weighted by Gasteiger charge is 2.19. The minimum Gasteiger partial charge on any atom is -0.496 e. The monoisotopic (exact) mass is 194 g/mol. The summed E-state index contributed by atoms with van der Waals surface area (Å²) in [6.07, 6.45) is 0. The van der Waals surface area contributed by atoms with Crippen molar-refractivity contribution in [2.45, 2.75) is 6.92 Å². The molecule has 74 valence electrons. The predicted molar refractivity (Wildman–Crippen MR) is 52.8 cm³/mol. The first-order chi connectivity index (χ1) is 6.56. The Balaban J connectivity index is 3.31. The molecule has 0 atom stereocenters. The molecule has 0 bridgehead atoms. The van der Waals surface area contributed by atoms with Gasteiger partial charge in [0.25, 0.3) is 4.92 Å². The van der Waals surface area contributed by atoms with Crippen molar-refractivity contribution in [3.63, 3.8) is 0 Å². The molecule has 4 heteroatoms. The second-order valence-electron chi connectivity index (χ2n) is 2.94. The maximum atomic E-state index is 10.8. The third-order valence-corrected chi connectivity index (χ3v) is 1.87. The summed E-state index contributed by atoms with van der Waals surface area (Å²) in [7, 11) is 1.49. The van der Waals surface area contributed by atoms with Crippen molar-refractivity contribution in [3.05, 3.63) is 35.2 Å². The van der Waals surface area contributed by atoms with Gasteiger partial charge in [-0.1, -0.05) is 6.58 Å². The van der Waals surface area contributed by atoms with Gasteiger partial charge in [-0.15, -0.1) is 0 Å². The van der Waals surface area contributed by atoms with Crippen LogP contribution >= 0.6 is 0 Å². The molecule has 0 amide bonds. The number of hydrogen-bond acceptors (Lipinski definition) is 2. The zero-order chi connectivity index (χ0) is 10.7. The van der Waals surface area contributed by atoms with Crippen LogP contribution in [-0.2, 0) is 0 Å². The standard InChI is InChI=1S/C10H12NO3/c1-7(2)9-5-4-8(14-3)6-10(9)11(12)13/h4-6H,1H2,2-3H3,(H,12,13)/q+1. The molecule has 0 fully saturated rings. The summed E-state index contributed by atoms with van der Waals surface area (Å²) in [5.41, 5.74) is 1.44. The van der Waals surface area contributed by atoms with E-state index in [1.165, 1.54) is 13.2 Å². The average Bonchev–Trinajstić information content (AvgIpc) is 2.16. The zero-order valence-electron chi connectivity index (χ0n) is 8.15. The van der Waals surface area contributed by atoms with Crippen molar-refractivity contribution in [3.8, 4) is 5.75 Å². The highest BCUT2D eigenvalue weighted by atomic mass is 16.6. The van der Waals surface area contributed by atoms with Gasteiger partial charge < -0.3 is 4.74 Å². The van der Waals surface area contributed by atoms with Gasteiger partial charge in [-0.25, -0.2) is 5.21 Å². The molecule has 0 spiro atoms. The molecule has 0 saturated heterocycles. The fraction of sp³-hybridized carbons (Fsp3) is 0.200. The van der Waals surface area contributed by atoms with Gasteiger partial charge in [0.05, 0.1) is 23.6 Å². The molecule has 1 aromatic carbocycles. The van der Waals surface area contributed by atoms with E-state index in [1.807, 2.05) is 0 Å². The summed E-state index contributed by atoms with van der Waals surface area (Å²) in [6.45, 7) is 5.47. The van der Waals surface area contributed by atoms with Crippen LogP contribution in [0, 0.1) is 4.91 Å². The van der Waals surface area contributed by atoms with E-state index in [9.17, 15) is 4.91 Å². The van der Waals surface area contributed by atoms with Gasteiger partial charge in [0.2, 0.25) is 0 Å². The lowest BCUT2D eigenvalue weighted by molar-refractivity contribution is -0.729. The number of rotatable bonds is 3. The van der Waals surface area contributed by atoms with Gasteiger partial charge in [-0.3, -0.25) is 0 Å². The fourth-order valence-corrected chi connectivity index (χ4v) is 1.16. The third-order valence-electron chi connectivity index (χ3n) is 1.87. The molecule has 0 aliphatic heterocycles. The van der Waals surface area contributed by atoms with E-state index >= 15 is 0 Å². The molecule has 1 aromatic rings. The Morgan fingerprint density at radius 1 is 1.57 bits per heavy atom. The average molecular weight is 194 g/mol. The molecule has 1 N–H and O–H groups in total. The maximum Gasteiger partial charge on any atom is 0.327 e. The zero-order valence-corrected chi connectivity index (χ0v) is 8.15. The molecule has 0 aromatic heterocycles. The normalized spacial score (nSPS) is 9.57. The molecule has 0 radical (unpaired) electrons. The molecular formula is C10H12NO3+. The second kappa shape index (κ2) is 3.91. The van der Waals surface area contributed by atoms with Crippen LogP contribution in [-0.4, -0.2) is 17.2 Å². The van der Waals surface area contributed by atoms with Gasteiger partial charge in [0.15, 0.2) is 0 Å². The smallest absolute Gasteiger partial charge is 0.327 e. The number of allylic oxidation sites excluding steroid dienone is 1. The Kier molecular flexibility index (Phi) is 2.86. The summed E-state index contributed by atoms with van der Waals surface area (Å²) in [4.78, 5) is 10.6. The highest BCUT2D eigenvalue weighted by Crippen LogP contribution is 2.28. The van der Waals surface area contributed by atoms with Crippen LogP contribution in [0.1, 0.15) is 12.5 Å². The van der Waals surface area contributed by atoms with Gasteiger partial charge >= 0.3 is 5.69 Å². The van der Waals surface area contributed by atoms with Crippen LogP contribution in [0.15, 0.2) is 24.8 Å². The van der Waals surface area contributed by atoms with Crippen LogP contribution in [0.3, 0.4) is 0 Å². The second-order valence-corrected chi connectivity index (χ2v) is 2.94. The van der Waals surface area contributed by atoms with Crippen LogP contribution in [0.2, 0.25) is 0 Å². The molecule has 4 nitrogen and oxygen atoms in total. The summed E-state index contributed by atoms with van der Waals surface area (Å²) in [6, 6.07) is 4.84. The van der Waals surface area contributed by atoms with Gasteiger partial charge in [-0.2, -0.15) is 0 Å². The molecule has 0 saturated carbocycles. The quantitative estimate of drug-likeness (QED) is 0.752. The molecule has 0 aliphatic carbocycles. The Morgan fingerprint density at radius 2 is 2.21 bits per heavy atom. The van der Waals surface area contributed by atoms with Crippen LogP contribution in [0.5, 0.6) is 5.75 Å². The SMILES string of the molecule is C=C(C)c1ccc(OC)cc1[N+](=O)O. The summed E-state index contributed by atoms with van der Waals surface area (Å²) in [5.74, 6) is 0.514. The molecular weight excluding hydrogens is 182 g/mol. The molecule has 0 aliphatic rings. The molecule has 14 heavy (non-hydrogen) atoms. The molecule has 0 unspecified atom stereocenters. The minimum absolute atomic E-state index is 0.136. The van der Waals surface area contributed by atoms with Gasteiger partial charge in [-0.05, 0) is 24.6 Å².